The lowest BCUT2D eigenvalue weighted by Crippen LogP contribution is -2.17. The largest absolute Gasteiger partial charge is 0.487 e. The van der Waals surface area contributed by atoms with Crippen LogP contribution in [-0.4, -0.2) is 26.7 Å². The van der Waals surface area contributed by atoms with Gasteiger partial charge in [0.05, 0.1) is 11.1 Å². The van der Waals surface area contributed by atoms with Crippen LogP contribution in [0.25, 0.3) is 11.0 Å². The van der Waals surface area contributed by atoms with E-state index in [1.54, 1.807) is 12.1 Å². The summed E-state index contributed by atoms with van der Waals surface area (Å²) < 4.78 is 8.08. The molecule has 5 heteroatoms. The van der Waals surface area contributed by atoms with Crippen molar-refractivity contribution in [2.75, 3.05) is 0 Å². The fourth-order valence-corrected chi connectivity index (χ4v) is 3.37. The molecule has 5 nitrogen and oxygen atoms in total. The number of aromatic carboxylic acids is 1. The molecule has 0 fully saturated rings. The van der Waals surface area contributed by atoms with E-state index in [1.165, 1.54) is 11.1 Å². The first kappa shape index (κ1) is 14.8. The van der Waals surface area contributed by atoms with Gasteiger partial charge in [-0.25, -0.2) is 9.78 Å². The fraction of sp³-hybridized carbons (Fsp3) is 0.263. The molecule has 0 radical (unpaired) electrons. The van der Waals surface area contributed by atoms with E-state index >= 15 is 0 Å². The predicted molar refractivity (Wildman–Crippen MR) is 90.7 cm³/mol. The molecule has 122 valence electrons. The van der Waals surface area contributed by atoms with Crippen LogP contribution in [-0.2, 0) is 19.9 Å². The molecule has 3 aromatic rings. The molecule has 0 aliphatic heterocycles. The Bertz CT molecular complexity index is 934. The Labute approximate surface area is 139 Å². The summed E-state index contributed by atoms with van der Waals surface area (Å²) in [5, 5.41) is 9.38. The summed E-state index contributed by atoms with van der Waals surface area (Å²) in [5.41, 5.74) is 4.31. The second-order valence-corrected chi connectivity index (χ2v) is 6.28. The Kier molecular flexibility index (Phi) is 3.30. The number of rotatable bonds is 3. The van der Waals surface area contributed by atoms with Crippen molar-refractivity contribution in [3.05, 3.63) is 58.9 Å². The maximum absolute atomic E-state index is 11.4. The molecular formula is C19H18N2O3. The minimum Gasteiger partial charge on any atom is -0.487 e. The molecule has 0 bridgehead atoms. The number of carboxylic acids is 1. The minimum absolute atomic E-state index is 0.0111. The molecule has 1 N–H and O–H groups in total. The minimum atomic E-state index is -0.963. The summed E-state index contributed by atoms with van der Waals surface area (Å²) in [6, 6.07) is 11.5. The van der Waals surface area contributed by atoms with Crippen molar-refractivity contribution < 1.29 is 14.6 Å². The Balaban J connectivity index is 1.74. The van der Waals surface area contributed by atoms with Crippen LogP contribution in [0.5, 0.6) is 5.75 Å². The number of carbonyl (C=O) groups is 1. The number of carboxylic acid groups (broad SMARTS) is 1. The highest BCUT2D eigenvalue weighted by atomic mass is 16.5. The topological polar surface area (TPSA) is 64.3 Å². The van der Waals surface area contributed by atoms with Gasteiger partial charge in [-0.2, -0.15) is 0 Å². The van der Waals surface area contributed by atoms with Crippen molar-refractivity contribution in [3.63, 3.8) is 0 Å². The number of imidazole rings is 1. The molecule has 1 heterocycles. The summed E-state index contributed by atoms with van der Waals surface area (Å²) in [6.45, 7) is 1.90. The molecule has 0 saturated carbocycles. The van der Waals surface area contributed by atoms with Gasteiger partial charge >= 0.3 is 5.97 Å². The van der Waals surface area contributed by atoms with E-state index in [2.05, 4.69) is 17.1 Å². The summed E-state index contributed by atoms with van der Waals surface area (Å²) in [7, 11) is 1.88. The third-order valence-electron chi connectivity index (χ3n) is 4.73. The quantitative estimate of drug-likeness (QED) is 0.804. The number of ether oxygens (including phenoxy) is 1. The highest BCUT2D eigenvalue weighted by Crippen LogP contribution is 2.31. The Morgan fingerprint density at radius 1 is 1.25 bits per heavy atom. The van der Waals surface area contributed by atoms with Gasteiger partial charge in [-0.05, 0) is 30.2 Å². The Morgan fingerprint density at radius 2 is 1.92 bits per heavy atom. The molecule has 0 unspecified atom stereocenters. The van der Waals surface area contributed by atoms with Gasteiger partial charge in [0.15, 0.2) is 0 Å². The number of aromatic nitrogens is 2. The molecule has 4 rings (SSSR count). The Morgan fingerprint density at radius 3 is 2.54 bits per heavy atom. The van der Waals surface area contributed by atoms with Crippen molar-refractivity contribution in [2.45, 2.75) is 25.9 Å². The zero-order valence-electron chi connectivity index (χ0n) is 13.6. The predicted octanol–water partition coefficient (Wildman–Crippen LogP) is 3.13. The first-order valence-corrected chi connectivity index (χ1v) is 7.96. The smallest absolute Gasteiger partial charge is 0.335 e. The molecule has 24 heavy (non-hydrogen) atoms. The van der Waals surface area contributed by atoms with E-state index < -0.39 is 5.97 Å². The molecule has 0 amide bonds. The average Bonchev–Trinajstić information content (AvgIpc) is 3.09. The normalized spacial score (nSPS) is 14.1. The first-order chi connectivity index (χ1) is 11.5. The van der Waals surface area contributed by atoms with Crippen LogP contribution in [0.1, 0.15) is 27.3 Å². The van der Waals surface area contributed by atoms with Crippen LogP contribution < -0.4 is 4.74 Å². The van der Waals surface area contributed by atoms with E-state index in [-0.39, 0.29) is 11.7 Å². The number of hydrogen-bond acceptors (Lipinski definition) is 3. The van der Waals surface area contributed by atoms with Gasteiger partial charge in [-0.15, -0.1) is 0 Å². The lowest BCUT2D eigenvalue weighted by atomic mass is 10.1. The van der Waals surface area contributed by atoms with Crippen LogP contribution in [0.4, 0.5) is 0 Å². The average molecular weight is 322 g/mol. The molecule has 1 aliphatic carbocycles. The maximum Gasteiger partial charge on any atom is 0.335 e. The van der Waals surface area contributed by atoms with E-state index in [9.17, 15) is 9.90 Å². The molecule has 1 aliphatic rings. The number of fused-ring (bicyclic) bond motifs is 2. The number of benzene rings is 2. The van der Waals surface area contributed by atoms with E-state index in [0.29, 0.717) is 5.75 Å². The third-order valence-corrected chi connectivity index (χ3v) is 4.73. The summed E-state index contributed by atoms with van der Waals surface area (Å²) in [5.74, 6) is 0.411. The number of aryl methyl sites for hydroxylation is 2. The maximum atomic E-state index is 11.4. The second kappa shape index (κ2) is 5.37. The van der Waals surface area contributed by atoms with E-state index in [1.807, 2.05) is 30.7 Å². The van der Waals surface area contributed by atoms with Gasteiger partial charge in [0, 0.05) is 19.9 Å². The zero-order chi connectivity index (χ0) is 16.8. The van der Waals surface area contributed by atoms with Crippen LogP contribution >= 0.6 is 0 Å². The SMILES string of the molecule is Cc1nc2c(OC3Cc4ccccc4C3)cc(C(=O)O)cc2n1C. The standard InChI is InChI=1S/C19H18N2O3/c1-11-20-18-16(21(11)2)9-14(19(22)23)10-17(18)24-15-7-12-5-3-4-6-13(12)8-15/h3-6,9-10,15H,7-8H2,1-2H3,(H,22,23). The third kappa shape index (κ3) is 2.33. The molecule has 2 aromatic carbocycles. The fourth-order valence-electron chi connectivity index (χ4n) is 3.37. The molecular weight excluding hydrogens is 304 g/mol. The van der Waals surface area contributed by atoms with Gasteiger partial charge in [0.25, 0.3) is 0 Å². The van der Waals surface area contributed by atoms with Gasteiger partial charge in [-0.3, -0.25) is 0 Å². The van der Waals surface area contributed by atoms with Crippen LogP contribution in [0, 0.1) is 6.92 Å². The van der Waals surface area contributed by atoms with Crippen molar-refractivity contribution in [1.82, 2.24) is 9.55 Å². The summed E-state index contributed by atoms with van der Waals surface area (Å²) in [6.07, 6.45) is 1.68. The molecule has 1 aromatic heterocycles. The highest BCUT2D eigenvalue weighted by molar-refractivity contribution is 5.95. The lowest BCUT2D eigenvalue weighted by Gasteiger charge is -2.14. The van der Waals surface area contributed by atoms with Gasteiger partial charge in [0.1, 0.15) is 23.2 Å². The van der Waals surface area contributed by atoms with Crippen LogP contribution in [0.2, 0.25) is 0 Å². The Hall–Kier alpha value is -2.82. The van der Waals surface area contributed by atoms with Crippen molar-refractivity contribution in [2.24, 2.45) is 7.05 Å². The molecule has 0 spiro atoms. The molecule has 0 atom stereocenters. The van der Waals surface area contributed by atoms with E-state index in [0.717, 1.165) is 29.7 Å². The highest BCUT2D eigenvalue weighted by Gasteiger charge is 2.24. The zero-order valence-corrected chi connectivity index (χ0v) is 13.6. The first-order valence-electron chi connectivity index (χ1n) is 7.96. The van der Waals surface area contributed by atoms with Gasteiger partial charge in [-0.1, -0.05) is 24.3 Å². The lowest BCUT2D eigenvalue weighted by molar-refractivity contribution is 0.0696. The summed E-state index contributed by atoms with van der Waals surface area (Å²) in [4.78, 5) is 16.0. The molecule has 0 saturated heterocycles. The van der Waals surface area contributed by atoms with E-state index in [4.69, 9.17) is 4.74 Å². The van der Waals surface area contributed by atoms with Crippen molar-refractivity contribution >= 4 is 17.0 Å². The van der Waals surface area contributed by atoms with Crippen molar-refractivity contribution in [3.8, 4) is 5.75 Å². The van der Waals surface area contributed by atoms with Crippen molar-refractivity contribution in [1.29, 1.82) is 0 Å². The van der Waals surface area contributed by atoms with Gasteiger partial charge < -0.3 is 14.4 Å². The van der Waals surface area contributed by atoms with Gasteiger partial charge in [0.2, 0.25) is 0 Å². The summed E-state index contributed by atoms with van der Waals surface area (Å²) >= 11 is 0. The second-order valence-electron chi connectivity index (χ2n) is 6.28. The monoisotopic (exact) mass is 322 g/mol. The van der Waals surface area contributed by atoms with Crippen LogP contribution in [0.3, 0.4) is 0 Å². The van der Waals surface area contributed by atoms with Crippen LogP contribution in [0.15, 0.2) is 36.4 Å². The number of hydrogen-bond donors (Lipinski definition) is 1. The number of nitrogens with zero attached hydrogens (tertiary/aromatic N) is 2.